The first-order valence-electron chi connectivity index (χ1n) is 9.06. The molecule has 0 saturated carbocycles. The zero-order valence-electron chi connectivity index (χ0n) is 17.5. The fourth-order valence-corrected chi connectivity index (χ4v) is 3.32. The number of hydrogen-bond donors (Lipinski definition) is 0. The average Bonchev–Trinajstić information content (AvgIpc) is 2.75. The summed E-state index contributed by atoms with van der Waals surface area (Å²) in [6, 6.07) is 9.55. The summed E-state index contributed by atoms with van der Waals surface area (Å²) in [6.45, 7) is 1.95. The highest BCUT2D eigenvalue weighted by Gasteiger charge is 2.19. The largest absolute Gasteiger partial charge is 0.497 e. The van der Waals surface area contributed by atoms with Crippen molar-refractivity contribution >= 4 is 22.9 Å². The molecule has 3 rings (SSSR count). The Balaban J connectivity index is 2.23. The number of ether oxygens (including phenoxy) is 5. The summed E-state index contributed by atoms with van der Waals surface area (Å²) in [5, 5.41) is 1.79. The first-order valence-corrected chi connectivity index (χ1v) is 9.06. The predicted octanol–water partition coefficient (Wildman–Crippen LogP) is 4.76. The Hall–Kier alpha value is -3.41. The highest BCUT2D eigenvalue weighted by atomic mass is 16.5. The summed E-state index contributed by atoms with van der Waals surface area (Å²) >= 11 is 0. The van der Waals surface area contributed by atoms with Crippen LogP contribution in [-0.4, -0.2) is 40.5 Å². The van der Waals surface area contributed by atoms with Crippen LogP contribution in [0.15, 0.2) is 30.3 Å². The van der Waals surface area contributed by atoms with Gasteiger partial charge in [0.2, 0.25) is 5.75 Å². The van der Waals surface area contributed by atoms with E-state index in [-0.39, 0.29) is 0 Å². The molecule has 0 aliphatic carbocycles. The topological polar surface area (TPSA) is 59.0 Å². The van der Waals surface area contributed by atoms with Crippen LogP contribution in [0.4, 0.5) is 0 Å². The van der Waals surface area contributed by atoms with Gasteiger partial charge < -0.3 is 23.7 Å². The van der Waals surface area contributed by atoms with Gasteiger partial charge in [-0.3, -0.25) is 4.98 Å². The minimum atomic E-state index is 0.529. The van der Waals surface area contributed by atoms with Gasteiger partial charge >= 0.3 is 0 Å². The number of methoxy groups -OCH3 is 5. The van der Waals surface area contributed by atoms with E-state index in [1.165, 1.54) is 0 Å². The van der Waals surface area contributed by atoms with Crippen LogP contribution < -0.4 is 23.7 Å². The lowest BCUT2D eigenvalue weighted by molar-refractivity contribution is 0.327. The molecule has 0 aliphatic rings. The van der Waals surface area contributed by atoms with Crippen LogP contribution in [0.3, 0.4) is 0 Å². The van der Waals surface area contributed by atoms with E-state index < -0.39 is 0 Å². The highest BCUT2D eigenvalue weighted by Crippen LogP contribution is 2.44. The molecule has 3 aromatic rings. The molecule has 0 atom stereocenters. The van der Waals surface area contributed by atoms with Crippen molar-refractivity contribution in [3.05, 3.63) is 47.3 Å². The van der Waals surface area contributed by atoms with Crippen molar-refractivity contribution < 1.29 is 23.7 Å². The minimum absolute atomic E-state index is 0.529. The average molecular weight is 395 g/mol. The van der Waals surface area contributed by atoms with Gasteiger partial charge in [-0.1, -0.05) is 0 Å². The van der Waals surface area contributed by atoms with Crippen LogP contribution in [0, 0.1) is 6.92 Å². The van der Waals surface area contributed by atoms with Crippen molar-refractivity contribution in [1.82, 2.24) is 4.98 Å². The molecule has 0 saturated heterocycles. The Morgan fingerprint density at radius 1 is 0.724 bits per heavy atom. The third-order valence-electron chi connectivity index (χ3n) is 4.64. The van der Waals surface area contributed by atoms with E-state index in [0.29, 0.717) is 17.2 Å². The molecule has 1 heterocycles. The maximum atomic E-state index is 5.68. The minimum Gasteiger partial charge on any atom is -0.497 e. The van der Waals surface area contributed by atoms with Crippen LogP contribution in [-0.2, 0) is 0 Å². The molecule has 29 heavy (non-hydrogen) atoms. The van der Waals surface area contributed by atoms with E-state index in [1.54, 1.807) is 35.5 Å². The molecule has 0 unspecified atom stereocenters. The standard InChI is InChI=1S/C23H25NO5/c1-14-11-16-13-20(27-4)22(28-5)23(29-6)21(16)18(24-14)9-7-15-12-17(25-2)8-10-19(15)26-3/h7-13H,1-6H3/b9-7+. The second-order valence-corrected chi connectivity index (χ2v) is 6.33. The monoisotopic (exact) mass is 395 g/mol. The van der Waals surface area contributed by atoms with E-state index in [2.05, 4.69) is 0 Å². The lowest BCUT2D eigenvalue weighted by atomic mass is 10.0. The van der Waals surface area contributed by atoms with Gasteiger partial charge in [-0.15, -0.1) is 0 Å². The molecular formula is C23H25NO5. The van der Waals surface area contributed by atoms with E-state index in [1.807, 2.05) is 49.4 Å². The molecule has 0 spiro atoms. The van der Waals surface area contributed by atoms with E-state index in [4.69, 9.17) is 28.7 Å². The molecule has 2 aromatic carbocycles. The number of nitrogens with zero attached hydrogens (tertiary/aromatic N) is 1. The van der Waals surface area contributed by atoms with Crippen LogP contribution in [0.1, 0.15) is 17.0 Å². The van der Waals surface area contributed by atoms with Crippen molar-refractivity contribution in [3.63, 3.8) is 0 Å². The van der Waals surface area contributed by atoms with Gasteiger partial charge in [0, 0.05) is 11.3 Å². The molecule has 0 fully saturated rings. The van der Waals surface area contributed by atoms with Gasteiger partial charge in [-0.25, -0.2) is 0 Å². The summed E-state index contributed by atoms with van der Waals surface area (Å²) in [7, 11) is 8.07. The predicted molar refractivity (Wildman–Crippen MR) is 115 cm³/mol. The summed E-state index contributed by atoms with van der Waals surface area (Å²) in [4.78, 5) is 4.72. The summed E-state index contributed by atoms with van der Waals surface area (Å²) < 4.78 is 27.5. The zero-order chi connectivity index (χ0) is 21.0. The quantitative estimate of drug-likeness (QED) is 0.575. The van der Waals surface area contributed by atoms with Gasteiger partial charge in [0.25, 0.3) is 0 Å². The maximum absolute atomic E-state index is 5.68. The summed E-state index contributed by atoms with van der Waals surface area (Å²) in [6.07, 6.45) is 3.87. The fraction of sp³-hybridized carbons (Fsp3) is 0.261. The van der Waals surface area contributed by atoms with E-state index in [0.717, 1.165) is 39.2 Å². The lowest BCUT2D eigenvalue weighted by Crippen LogP contribution is -1.99. The first-order chi connectivity index (χ1) is 14.1. The molecule has 0 N–H and O–H groups in total. The van der Waals surface area contributed by atoms with Crippen molar-refractivity contribution in [3.8, 4) is 28.7 Å². The van der Waals surface area contributed by atoms with Crippen molar-refractivity contribution in [1.29, 1.82) is 0 Å². The SMILES string of the molecule is COc1ccc(OC)c(/C=C/c2nc(C)cc3cc(OC)c(OC)c(OC)c23)c1. The van der Waals surface area contributed by atoms with Crippen LogP contribution >= 0.6 is 0 Å². The Morgan fingerprint density at radius 2 is 1.45 bits per heavy atom. The molecule has 152 valence electrons. The number of aromatic nitrogens is 1. The number of fused-ring (bicyclic) bond motifs is 1. The van der Waals surface area contributed by atoms with Crippen LogP contribution in [0.2, 0.25) is 0 Å². The second-order valence-electron chi connectivity index (χ2n) is 6.33. The van der Waals surface area contributed by atoms with Gasteiger partial charge in [-0.05, 0) is 54.8 Å². The van der Waals surface area contributed by atoms with E-state index >= 15 is 0 Å². The molecule has 6 heteroatoms. The van der Waals surface area contributed by atoms with Gasteiger partial charge in [0.15, 0.2) is 11.5 Å². The maximum Gasteiger partial charge on any atom is 0.204 e. The fourth-order valence-electron chi connectivity index (χ4n) is 3.32. The zero-order valence-corrected chi connectivity index (χ0v) is 17.5. The van der Waals surface area contributed by atoms with Crippen LogP contribution in [0.5, 0.6) is 28.7 Å². The third-order valence-corrected chi connectivity index (χ3v) is 4.64. The Labute approximate surface area is 170 Å². The Morgan fingerprint density at radius 3 is 2.07 bits per heavy atom. The molecular weight excluding hydrogens is 370 g/mol. The molecule has 0 aliphatic heterocycles. The van der Waals surface area contributed by atoms with Crippen molar-refractivity contribution in [2.45, 2.75) is 6.92 Å². The van der Waals surface area contributed by atoms with Crippen molar-refractivity contribution in [2.75, 3.05) is 35.5 Å². The molecule has 0 amide bonds. The molecule has 0 bridgehead atoms. The third kappa shape index (κ3) is 3.92. The second kappa shape index (κ2) is 8.73. The normalized spacial score (nSPS) is 11.0. The van der Waals surface area contributed by atoms with E-state index in [9.17, 15) is 0 Å². The number of aryl methyl sites for hydroxylation is 1. The highest BCUT2D eigenvalue weighted by molar-refractivity contribution is 5.99. The smallest absolute Gasteiger partial charge is 0.204 e. The first kappa shape index (κ1) is 20.3. The Bertz CT molecular complexity index is 1060. The lowest BCUT2D eigenvalue weighted by Gasteiger charge is -2.16. The molecule has 1 aromatic heterocycles. The number of hydrogen-bond acceptors (Lipinski definition) is 6. The van der Waals surface area contributed by atoms with Gasteiger partial charge in [-0.2, -0.15) is 0 Å². The van der Waals surface area contributed by atoms with Crippen molar-refractivity contribution in [2.24, 2.45) is 0 Å². The number of pyridine rings is 1. The summed E-state index contributed by atoms with van der Waals surface area (Å²) in [5.74, 6) is 3.20. The van der Waals surface area contributed by atoms with Crippen LogP contribution in [0.25, 0.3) is 22.9 Å². The number of benzene rings is 2. The van der Waals surface area contributed by atoms with Gasteiger partial charge in [0.05, 0.1) is 46.6 Å². The number of rotatable bonds is 7. The Kier molecular flexibility index (Phi) is 6.12. The van der Waals surface area contributed by atoms with Gasteiger partial charge in [0.1, 0.15) is 11.5 Å². The molecule has 0 radical (unpaired) electrons. The molecule has 6 nitrogen and oxygen atoms in total. The summed E-state index contributed by atoms with van der Waals surface area (Å²) in [5.41, 5.74) is 2.51.